The molecule has 212 valence electrons. The van der Waals surface area contributed by atoms with Gasteiger partial charge in [-0.2, -0.15) is 0 Å². The van der Waals surface area contributed by atoms with Crippen LogP contribution in [0, 0.1) is 10.8 Å². The van der Waals surface area contributed by atoms with Crippen LogP contribution in [0.2, 0.25) is 0 Å². The van der Waals surface area contributed by atoms with Gasteiger partial charge in [-0.25, -0.2) is 13.4 Å². The Morgan fingerprint density at radius 3 is 1.97 bits per heavy atom. The number of aromatic nitrogens is 1. The molecule has 0 fully saturated rings. The summed E-state index contributed by atoms with van der Waals surface area (Å²) >= 11 is 1.47. The summed E-state index contributed by atoms with van der Waals surface area (Å²) in [5.74, 6) is -0.0705. The highest BCUT2D eigenvalue weighted by atomic mass is 32.2. The predicted octanol–water partition coefficient (Wildman–Crippen LogP) is 7.14. The Morgan fingerprint density at radius 2 is 1.46 bits per heavy atom. The van der Waals surface area contributed by atoms with Crippen LogP contribution < -0.4 is 10.6 Å². The normalized spacial score (nSPS) is 12.5. The first-order valence-corrected chi connectivity index (χ1v) is 16.0. The molecule has 0 radical (unpaired) electrons. The molecule has 0 aliphatic heterocycles. The summed E-state index contributed by atoms with van der Waals surface area (Å²) in [5, 5.41) is 7.15. The SMILES string of the molecule is CCS(=O)(=O)c1ccc(Cc2sc(NC(C)=O)nc2CCc2ccc(NC(C(C)(C)C)C(C)(C)C)cc2)cc1. The van der Waals surface area contributed by atoms with E-state index in [1.54, 1.807) is 19.1 Å². The van der Waals surface area contributed by atoms with E-state index in [9.17, 15) is 13.2 Å². The van der Waals surface area contributed by atoms with E-state index in [2.05, 4.69) is 76.4 Å². The zero-order chi connectivity index (χ0) is 29.0. The van der Waals surface area contributed by atoms with Gasteiger partial charge < -0.3 is 10.6 Å². The van der Waals surface area contributed by atoms with Crippen molar-refractivity contribution in [2.24, 2.45) is 10.8 Å². The molecule has 6 nitrogen and oxygen atoms in total. The van der Waals surface area contributed by atoms with Gasteiger partial charge in [-0.05, 0) is 59.1 Å². The number of carbonyl (C=O) groups excluding carboxylic acids is 1. The summed E-state index contributed by atoms with van der Waals surface area (Å²) in [5.41, 5.74) is 4.54. The molecule has 0 spiro atoms. The number of aryl methyl sites for hydroxylation is 2. The first-order valence-electron chi connectivity index (χ1n) is 13.5. The van der Waals surface area contributed by atoms with Crippen molar-refractivity contribution in [2.75, 3.05) is 16.4 Å². The average Bonchev–Trinajstić information content (AvgIpc) is 3.20. The number of amides is 1. The fourth-order valence-electron chi connectivity index (χ4n) is 5.02. The summed E-state index contributed by atoms with van der Waals surface area (Å²) in [6.07, 6.45) is 2.20. The third-order valence-corrected chi connectivity index (χ3v) is 9.50. The zero-order valence-electron chi connectivity index (χ0n) is 24.5. The van der Waals surface area contributed by atoms with Crippen LogP contribution in [-0.2, 0) is 33.9 Å². The predicted molar refractivity (Wildman–Crippen MR) is 164 cm³/mol. The number of nitrogens with one attached hydrogen (secondary N) is 2. The highest BCUT2D eigenvalue weighted by Crippen LogP contribution is 2.36. The molecular weight excluding hydrogens is 526 g/mol. The maximum absolute atomic E-state index is 12.2. The van der Waals surface area contributed by atoms with E-state index in [-0.39, 0.29) is 22.5 Å². The molecule has 2 N–H and O–H groups in total. The Hall–Kier alpha value is -2.71. The highest BCUT2D eigenvalue weighted by molar-refractivity contribution is 7.91. The molecule has 1 amide bonds. The molecule has 0 saturated carbocycles. The van der Waals surface area contributed by atoms with Crippen molar-refractivity contribution in [3.8, 4) is 0 Å². The molecule has 1 heterocycles. The third-order valence-electron chi connectivity index (χ3n) is 6.74. The van der Waals surface area contributed by atoms with Crippen molar-refractivity contribution in [2.45, 2.75) is 85.6 Å². The van der Waals surface area contributed by atoms with E-state index < -0.39 is 9.84 Å². The Labute approximate surface area is 238 Å². The van der Waals surface area contributed by atoms with Gasteiger partial charge in [0.1, 0.15) is 0 Å². The van der Waals surface area contributed by atoms with E-state index in [0.29, 0.717) is 22.5 Å². The van der Waals surface area contributed by atoms with Crippen LogP contribution in [-0.4, -0.2) is 31.1 Å². The van der Waals surface area contributed by atoms with Gasteiger partial charge in [-0.1, -0.05) is 72.7 Å². The monoisotopic (exact) mass is 569 g/mol. The molecule has 39 heavy (non-hydrogen) atoms. The van der Waals surface area contributed by atoms with Crippen LogP contribution in [0.15, 0.2) is 53.4 Å². The highest BCUT2D eigenvalue weighted by Gasteiger charge is 2.34. The van der Waals surface area contributed by atoms with Gasteiger partial charge in [-0.3, -0.25) is 4.79 Å². The lowest BCUT2D eigenvalue weighted by Gasteiger charge is -2.42. The maximum Gasteiger partial charge on any atom is 0.223 e. The number of anilines is 2. The topological polar surface area (TPSA) is 88.2 Å². The van der Waals surface area contributed by atoms with Gasteiger partial charge in [0.25, 0.3) is 0 Å². The number of thiazole rings is 1. The molecule has 0 saturated heterocycles. The third kappa shape index (κ3) is 8.64. The summed E-state index contributed by atoms with van der Waals surface area (Å²) in [6.45, 7) is 16.7. The molecule has 0 unspecified atom stereocenters. The number of nitrogens with zero attached hydrogens (tertiary/aromatic N) is 1. The van der Waals surface area contributed by atoms with E-state index in [4.69, 9.17) is 4.98 Å². The van der Waals surface area contributed by atoms with Crippen LogP contribution >= 0.6 is 11.3 Å². The smallest absolute Gasteiger partial charge is 0.223 e. The summed E-state index contributed by atoms with van der Waals surface area (Å²) in [6, 6.07) is 16.0. The number of carbonyl (C=O) groups is 1. The standard InChI is InChI=1S/C31H43N3O3S2/c1-9-39(36,37)25-17-12-23(13-18-25)20-27-26(34-29(38-27)32-21(2)35)19-14-22-10-15-24(16-11-22)33-28(30(3,4)5)31(6,7)8/h10-13,15-18,28,33H,9,14,19-20H2,1-8H3,(H,32,34,35). The Bertz CT molecular complexity index is 1350. The number of benzene rings is 2. The molecule has 0 atom stereocenters. The fourth-order valence-corrected chi connectivity index (χ4v) is 6.99. The lowest BCUT2D eigenvalue weighted by Crippen LogP contribution is -2.44. The van der Waals surface area contributed by atoms with Crippen LogP contribution in [0.3, 0.4) is 0 Å². The number of hydrogen-bond donors (Lipinski definition) is 2. The van der Waals surface area contributed by atoms with Crippen molar-refractivity contribution >= 4 is 37.9 Å². The molecule has 0 aliphatic rings. The van der Waals surface area contributed by atoms with E-state index >= 15 is 0 Å². The van der Waals surface area contributed by atoms with Crippen LogP contribution in [0.4, 0.5) is 10.8 Å². The minimum Gasteiger partial charge on any atom is -0.381 e. The van der Waals surface area contributed by atoms with E-state index in [1.165, 1.54) is 23.8 Å². The summed E-state index contributed by atoms with van der Waals surface area (Å²) in [7, 11) is -3.23. The fraction of sp³-hybridized carbons (Fsp3) is 0.484. The molecule has 2 aromatic carbocycles. The van der Waals surface area contributed by atoms with Crippen molar-refractivity contribution in [1.29, 1.82) is 0 Å². The molecule has 0 bridgehead atoms. The Morgan fingerprint density at radius 1 is 0.897 bits per heavy atom. The Balaban J connectivity index is 1.74. The van der Waals surface area contributed by atoms with Gasteiger partial charge in [0.2, 0.25) is 5.91 Å². The van der Waals surface area contributed by atoms with Crippen molar-refractivity contribution < 1.29 is 13.2 Å². The van der Waals surface area contributed by atoms with Gasteiger partial charge in [0.05, 0.1) is 16.3 Å². The number of hydrogen-bond acceptors (Lipinski definition) is 6. The van der Waals surface area contributed by atoms with E-state index in [1.807, 2.05) is 12.1 Å². The maximum atomic E-state index is 12.2. The number of sulfone groups is 1. The first-order chi connectivity index (χ1) is 18.1. The second kappa shape index (κ2) is 12.2. The molecule has 8 heteroatoms. The second-order valence-electron chi connectivity index (χ2n) is 12.3. The molecular formula is C31H43N3O3S2. The van der Waals surface area contributed by atoms with Crippen LogP contribution in [0.1, 0.15) is 77.1 Å². The second-order valence-corrected chi connectivity index (χ2v) is 15.7. The minimum atomic E-state index is -3.23. The quantitative estimate of drug-likeness (QED) is 0.271. The summed E-state index contributed by atoms with van der Waals surface area (Å²) in [4.78, 5) is 17.8. The molecule has 3 aromatic rings. The molecule has 1 aromatic heterocycles. The zero-order valence-corrected chi connectivity index (χ0v) is 26.1. The molecule has 3 rings (SSSR count). The van der Waals surface area contributed by atoms with Crippen LogP contribution in [0.5, 0.6) is 0 Å². The lowest BCUT2D eigenvalue weighted by atomic mass is 9.72. The van der Waals surface area contributed by atoms with Gasteiger partial charge in [0, 0.05) is 30.0 Å². The Kier molecular flexibility index (Phi) is 9.65. The average molecular weight is 570 g/mol. The van der Waals surface area contributed by atoms with Gasteiger partial charge in [-0.15, -0.1) is 11.3 Å². The van der Waals surface area contributed by atoms with E-state index in [0.717, 1.165) is 34.7 Å². The number of rotatable bonds is 10. The largest absolute Gasteiger partial charge is 0.381 e. The van der Waals surface area contributed by atoms with Crippen molar-refractivity contribution in [3.05, 3.63) is 70.2 Å². The van der Waals surface area contributed by atoms with Crippen LogP contribution in [0.25, 0.3) is 0 Å². The van der Waals surface area contributed by atoms with Crippen molar-refractivity contribution in [1.82, 2.24) is 4.98 Å². The minimum absolute atomic E-state index is 0.0796. The van der Waals surface area contributed by atoms with Gasteiger partial charge in [0.15, 0.2) is 15.0 Å². The van der Waals surface area contributed by atoms with Gasteiger partial charge >= 0.3 is 0 Å². The lowest BCUT2D eigenvalue weighted by molar-refractivity contribution is -0.114. The van der Waals surface area contributed by atoms with Crippen molar-refractivity contribution in [3.63, 3.8) is 0 Å². The summed E-state index contributed by atoms with van der Waals surface area (Å²) < 4.78 is 24.3. The molecule has 0 aliphatic carbocycles. The first kappa shape index (κ1) is 30.8.